The smallest absolute Gasteiger partial charge is 0.229 e. The van der Waals surface area contributed by atoms with Gasteiger partial charge in [-0.2, -0.15) is 10.1 Å². The van der Waals surface area contributed by atoms with E-state index in [-0.39, 0.29) is 29.7 Å². The third kappa shape index (κ3) is 3.44. The summed E-state index contributed by atoms with van der Waals surface area (Å²) in [4.78, 5) is 20.7. The van der Waals surface area contributed by atoms with Gasteiger partial charge in [-0.05, 0) is 31.2 Å². The molecule has 1 saturated heterocycles. The zero-order chi connectivity index (χ0) is 20.0. The number of carbonyl (C=O) groups excluding carboxylic acids is 1. The maximum absolute atomic E-state index is 12.0. The number of aromatic nitrogens is 4. The summed E-state index contributed by atoms with van der Waals surface area (Å²) in [5.41, 5.74) is 6.46. The second-order valence-corrected chi connectivity index (χ2v) is 8.32. The lowest BCUT2D eigenvalue weighted by Gasteiger charge is -2.27. The average Bonchev–Trinajstić information content (AvgIpc) is 3.48. The summed E-state index contributed by atoms with van der Waals surface area (Å²) in [6.07, 6.45) is 11.5. The van der Waals surface area contributed by atoms with Crippen molar-refractivity contribution in [1.29, 1.82) is 0 Å². The average molecular weight is 415 g/mol. The van der Waals surface area contributed by atoms with E-state index in [1.807, 2.05) is 10.9 Å². The molecule has 3 aliphatic rings. The molecule has 5 N–H and O–H groups in total. The van der Waals surface area contributed by atoms with Gasteiger partial charge in [0.05, 0.1) is 30.0 Å². The van der Waals surface area contributed by atoms with Gasteiger partial charge in [0.25, 0.3) is 0 Å². The van der Waals surface area contributed by atoms with Crippen molar-refractivity contribution < 1.29 is 4.79 Å². The summed E-state index contributed by atoms with van der Waals surface area (Å²) >= 11 is 6.32. The molecular formula is C19H23ClN8O. The zero-order valence-corrected chi connectivity index (χ0v) is 16.5. The van der Waals surface area contributed by atoms with E-state index in [1.165, 1.54) is 0 Å². The van der Waals surface area contributed by atoms with Crippen LogP contribution in [0.2, 0.25) is 5.02 Å². The number of hydrogen-bond donors (Lipinski definition) is 4. The molecule has 0 aromatic carbocycles. The number of anilines is 3. The van der Waals surface area contributed by atoms with Crippen molar-refractivity contribution >= 4 is 35.0 Å². The lowest BCUT2D eigenvalue weighted by molar-refractivity contribution is -0.122. The molecule has 1 amide bonds. The highest BCUT2D eigenvalue weighted by molar-refractivity contribution is 6.32. The number of rotatable bonds is 6. The normalized spacial score (nSPS) is 30.0. The molecule has 152 valence electrons. The topological polar surface area (TPSA) is 123 Å². The molecule has 9 nitrogen and oxygen atoms in total. The zero-order valence-electron chi connectivity index (χ0n) is 15.8. The molecule has 0 spiro atoms. The molecule has 3 heterocycles. The molecule has 0 unspecified atom stereocenters. The third-order valence-corrected chi connectivity index (χ3v) is 6.38. The fourth-order valence-corrected chi connectivity index (χ4v) is 4.84. The maximum atomic E-state index is 12.0. The Bertz CT molecular complexity index is 953. The molecule has 2 fully saturated rings. The number of allylic oxidation sites excluding steroid dienone is 1. The van der Waals surface area contributed by atoms with Gasteiger partial charge in [0, 0.05) is 18.8 Å². The van der Waals surface area contributed by atoms with E-state index < -0.39 is 0 Å². The Hall–Kier alpha value is -2.65. The molecule has 2 aromatic heterocycles. The van der Waals surface area contributed by atoms with Crippen LogP contribution in [0, 0.1) is 17.8 Å². The minimum Gasteiger partial charge on any atom is -0.369 e. The van der Waals surface area contributed by atoms with Gasteiger partial charge < -0.3 is 21.7 Å². The Kier molecular flexibility index (Phi) is 4.63. The van der Waals surface area contributed by atoms with Crippen molar-refractivity contribution in [2.45, 2.75) is 24.9 Å². The number of nitrogens with two attached hydrogens (primary N) is 1. The number of nitrogens with zero attached hydrogens (tertiary/aromatic N) is 4. The Morgan fingerprint density at radius 1 is 1.31 bits per heavy atom. The van der Waals surface area contributed by atoms with E-state index in [0.29, 0.717) is 22.8 Å². The Morgan fingerprint density at radius 2 is 2.17 bits per heavy atom. The lowest BCUT2D eigenvalue weighted by Crippen LogP contribution is -2.41. The van der Waals surface area contributed by atoms with Crippen LogP contribution in [0.1, 0.15) is 18.9 Å². The standard InChI is InChI=1S/C19H23ClN8O/c20-14-8-23-19(25-12-6-24-28(9-12)13-3-4-22-7-13)27-18(14)26-16-11-2-1-10(5-11)15(16)17(21)29/h1-2,6,8-11,13,15-16,22H,3-5,7H2,(H2,21,29)(H2,23,25,26,27)/t10-,11+,13-,15+,16-/m1/s1. The molecular weight excluding hydrogens is 392 g/mol. The number of carbonyl (C=O) groups is 1. The van der Waals surface area contributed by atoms with E-state index in [2.05, 4.69) is 43.2 Å². The van der Waals surface area contributed by atoms with Gasteiger partial charge in [-0.25, -0.2) is 4.98 Å². The van der Waals surface area contributed by atoms with Crippen LogP contribution in [-0.4, -0.2) is 44.8 Å². The highest BCUT2D eigenvalue weighted by atomic mass is 35.5. The summed E-state index contributed by atoms with van der Waals surface area (Å²) in [7, 11) is 0. The molecule has 2 aliphatic carbocycles. The van der Waals surface area contributed by atoms with Crippen molar-refractivity contribution in [3.63, 3.8) is 0 Å². The van der Waals surface area contributed by atoms with Crippen LogP contribution in [0.4, 0.5) is 17.5 Å². The van der Waals surface area contributed by atoms with Crippen LogP contribution in [0.3, 0.4) is 0 Å². The van der Waals surface area contributed by atoms with Crippen LogP contribution < -0.4 is 21.7 Å². The second-order valence-electron chi connectivity index (χ2n) is 7.92. The number of fused-ring (bicyclic) bond motifs is 2. The Morgan fingerprint density at radius 3 is 2.97 bits per heavy atom. The van der Waals surface area contributed by atoms with Gasteiger partial charge >= 0.3 is 0 Å². The first-order valence-corrected chi connectivity index (χ1v) is 10.2. The largest absolute Gasteiger partial charge is 0.369 e. The lowest BCUT2D eigenvalue weighted by atomic mass is 9.88. The van der Waals surface area contributed by atoms with Crippen molar-refractivity contribution in [2.75, 3.05) is 23.7 Å². The maximum Gasteiger partial charge on any atom is 0.229 e. The number of amides is 1. The van der Waals surface area contributed by atoms with Crippen molar-refractivity contribution in [2.24, 2.45) is 23.5 Å². The highest BCUT2D eigenvalue weighted by Crippen LogP contribution is 2.45. The van der Waals surface area contributed by atoms with Crippen LogP contribution in [0.25, 0.3) is 0 Å². The van der Waals surface area contributed by atoms with Crippen molar-refractivity contribution in [3.8, 4) is 0 Å². The van der Waals surface area contributed by atoms with Gasteiger partial charge in [-0.3, -0.25) is 9.48 Å². The monoisotopic (exact) mass is 414 g/mol. The van der Waals surface area contributed by atoms with E-state index in [0.717, 1.165) is 31.6 Å². The van der Waals surface area contributed by atoms with Crippen LogP contribution in [0.5, 0.6) is 0 Å². The number of hydrogen-bond acceptors (Lipinski definition) is 7. The first kappa shape index (κ1) is 18.4. The molecule has 5 atom stereocenters. The highest BCUT2D eigenvalue weighted by Gasteiger charge is 2.47. The van der Waals surface area contributed by atoms with Crippen molar-refractivity contribution in [1.82, 2.24) is 25.1 Å². The summed E-state index contributed by atoms with van der Waals surface area (Å²) < 4.78 is 1.95. The minimum atomic E-state index is -0.295. The van der Waals surface area contributed by atoms with Crippen LogP contribution in [-0.2, 0) is 4.79 Å². The second kappa shape index (κ2) is 7.31. The van der Waals surface area contributed by atoms with Gasteiger partial charge in [0.2, 0.25) is 11.9 Å². The third-order valence-electron chi connectivity index (χ3n) is 6.10. The molecule has 0 radical (unpaired) electrons. The fourth-order valence-electron chi connectivity index (χ4n) is 4.69. The van der Waals surface area contributed by atoms with Gasteiger partial charge in [-0.1, -0.05) is 23.8 Å². The number of nitrogens with one attached hydrogen (secondary N) is 3. The summed E-state index contributed by atoms with van der Waals surface area (Å²) in [5.74, 6) is 0.786. The van der Waals surface area contributed by atoms with Gasteiger partial charge in [-0.15, -0.1) is 0 Å². The summed E-state index contributed by atoms with van der Waals surface area (Å²) in [5, 5.41) is 14.7. The summed E-state index contributed by atoms with van der Waals surface area (Å²) in [6, 6.07) is 0.255. The van der Waals surface area contributed by atoms with Crippen LogP contribution in [0.15, 0.2) is 30.7 Å². The SMILES string of the molecule is NC(=O)[C@@H]1[C@H](Nc2nc(Nc3cnn([C@@H]4CCNC4)c3)ncc2Cl)[C@H]2C=C[C@@H]1C2. The fraction of sp³-hybridized carbons (Fsp3) is 0.474. The first-order valence-electron chi connectivity index (χ1n) is 9.87. The van der Waals surface area contributed by atoms with Gasteiger partial charge in [0.1, 0.15) is 5.02 Å². The quantitative estimate of drug-likeness (QED) is 0.530. The van der Waals surface area contributed by atoms with Crippen molar-refractivity contribution in [3.05, 3.63) is 35.8 Å². The molecule has 2 bridgehead atoms. The molecule has 10 heteroatoms. The molecule has 2 aromatic rings. The number of primary amides is 1. The van der Waals surface area contributed by atoms with E-state index in [1.54, 1.807) is 12.4 Å². The Balaban J connectivity index is 1.33. The van der Waals surface area contributed by atoms with Gasteiger partial charge in [0.15, 0.2) is 5.82 Å². The Labute approximate surface area is 173 Å². The number of halogens is 1. The van der Waals surface area contributed by atoms with E-state index >= 15 is 0 Å². The summed E-state index contributed by atoms with van der Waals surface area (Å²) in [6.45, 7) is 1.93. The van der Waals surface area contributed by atoms with E-state index in [9.17, 15) is 4.79 Å². The molecule has 1 saturated carbocycles. The van der Waals surface area contributed by atoms with E-state index in [4.69, 9.17) is 17.3 Å². The first-order chi connectivity index (χ1) is 14.1. The molecule has 5 rings (SSSR count). The predicted molar refractivity (Wildman–Crippen MR) is 110 cm³/mol. The minimum absolute atomic E-state index is 0.111. The predicted octanol–water partition coefficient (Wildman–Crippen LogP) is 1.69. The van der Waals surface area contributed by atoms with Crippen LogP contribution >= 0.6 is 11.6 Å². The molecule has 29 heavy (non-hydrogen) atoms. The molecule has 1 aliphatic heterocycles.